The van der Waals surface area contributed by atoms with Gasteiger partial charge in [0, 0.05) is 21.2 Å². The topological polar surface area (TPSA) is 0 Å². The molecule has 2 rings (SSSR count). The van der Waals surface area contributed by atoms with E-state index in [0.29, 0.717) is 10.9 Å². The number of halogens is 3. The van der Waals surface area contributed by atoms with Crippen molar-refractivity contribution < 1.29 is 0 Å². The quantitative estimate of drug-likeness (QED) is 0.719. The van der Waals surface area contributed by atoms with E-state index in [1.54, 1.807) is 6.07 Å². The van der Waals surface area contributed by atoms with Gasteiger partial charge in [-0.05, 0) is 35.8 Å². The molecule has 1 fully saturated rings. The molecule has 4 heteroatoms. The average molecular weight is 282 g/mol. The first-order valence-corrected chi connectivity index (χ1v) is 7.17. The van der Waals surface area contributed by atoms with E-state index in [0.717, 1.165) is 28.5 Å². The minimum atomic E-state index is 0.279. The zero-order chi connectivity index (χ0) is 10.8. The summed E-state index contributed by atoms with van der Waals surface area (Å²) in [7, 11) is 0. The molecule has 1 aliphatic rings. The fourth-order valence-corrected chi connectivity index (χ4v) is 4.05. The van der Waals surface area contributed by atoms with Crippen LogP contribution >= 0.6 is 46.6 Å². The molecule has 0 bridgehead atoms. The summed E-state index contributed by atoms with van der Waals surface area (Å²) in [5.74, 6) is 2.72. The van der Waals surface area contributed by atoms with Crippen LogP contribution in [0, 0.1) is 5.92 Å². The van der Waals surface area contributed by atoms with Crippen molar-refractivity contribution in [3.8, 4) is 0 Å². The Morgan fingerprint density at radius 2 is 2.07 bits per heavy atom. The minimum Gasteiger partial charge on any atom is -0.160 e. The van der Waals surface area contributed by atoms with Crippen LogP contribution in [-0.2, 0) is 6.42 Å². The van der Waals surface area contributed by atoms with Gasteiger partial charge in [-0.25, -0.2) is 0 Å². The van der Waals surface area contributed by atoms with E-state index in [-0.39, 0.29) is 5.38 Å². The molecule has 0 aliphatic carbocycles. The predicted octanol–water partition coefficient (Wildman–Crippen LogP) is 4.51. The van der Waals surface area contributed by atoms with Crippen molar-refractivity contribution >= 4 is 46.6 Å². The lowest BCUT2D eigenvalue weighted by Gasteiger charge is -2.13. The lowest BCUT2D eigenvalue weighted by atomic mass is 9.98. The Kier molecular flexibility index (Phi) is 4.11. The van der Waals surface area contributed by atoms with Gasteiger partial charge in [0.15, 0.2) is 0 Å². The zero-order valence-corrected chi connectivity index (χ0v) is 11.1. The molecule has 0 amide bonds. The van der Waals surface area contributed by atoms with Crippen LogP contribution in [0.15, 0.2) is 18.2 Å². The molecule has 0 saturated carbocycles. The third kappa shape index (κ3) is 2.97. The fraction of sp³-hybridized carbons (Fsp3) is 0.455. The normalized spacial score (nSPS) is 25.8. The van der Waals surface area contributed by atoms with Gasteiger partial charge in [-0.2, -0.15) is 11.8 Å². The number of rotatable bonds is 2. The molecule has 0 N–H and O–H groups in total. The Labute approximate surface area is 109 Å². The maximum atomic E-state index is 6.22. The third-order valence-electron chi connectivity index (χ3n) is 2.62. The van der Waals surface area contributed by atoms with Gasteiger partial charge in [-0.3, -0.25) is 0 Å². The number of benzene rings is 1. The van der Waals surface area contributed by atoms with Crippen LogP contribution in [0.1, 0.15) is 5.56 Å². The van der Waals surface area contributed by atoms with E-state index < -0.39 is 0 Å². The molecule has 1 heterocycles. The van der Waals surface area contributed by atoms with Crippen molar-refractivity contribution in [1.82, 2.24) is 0 Å². The summed E-state index contributed by atoms with van der Waals surface area (Å²) >= 11 is 20.1. The summed E-state index contributed by atoms with van der Waals surface area (Å²) < 4.78 is 0. The van der Waals surface area contributed by atoms with E-state index in [2.05, 4.69) is 0 Å². The van der Waals surface area contributed by atoms with E-state index in [4.69, 9.17) is 34.8 Å². The lowest BCUT2D eigenvalue weighted by Crippen LogP contribution is -2.14. The largest absolute Gasteiger partial charge is 0.160 e. The van der Waals surface area contributed by atoms with Gasteiger partial charge in [0.25, 0.3) is 0 Å². The van der Waals surface area contributed by atoms with Crippen molar-refractivity contribution in [3.63, 3.8) is 0 Å². The number of hydrogen-bond acceptors (Lipinski definition) is 1. The Balaban J connectivity index is 2.10. The molecule has 0 radical (unpaired) electrons. The molecule has 1 aromatic carbocycles. The van der Waals surface area contributed by atoms with Crippen molar-refractivity contribution in [2.45, 2.75) is 11.8 Å². The summed E-state index contributed by atoms with van der Waals surface area (Å²) in [4.78, 5) is 0. The molecule has 1 saturated heterocycles. The van der Waals surface area contributed by atoms with E-state index in [9.17, 15) is 0 Å². The van der Waals surface area contributed by atoms with Gasteiger partial charge in [-0.1, -0.05) is 29.3 Å². The predicted molar refractivity (Wildman–Crippen MR) is 70.6 cm³/mol. The standard InChI is InChI=1S/C11H11Cl3S/c12-9-2-1-7(10(13)4-9)3-8-5-15-6-11(8)14/h1-2,4,8,11H,3,5-6H2. The van der Waals surface area contributed by atoms with Crippen molar-refractivity contribution in [1.29, 1.82) is 0 Å². The molecule has 15 heavy (non-hydrogen) atoms. The first kappa shape index (κ1) is 11.9. The van der Waals surface area contributed by atoms with Gasteiger partial charge in [-0.15, -0.1) is 11.6 Å². The number of alkyl halides is 1. The van der Waals surface area contributed by atoms with Crippen LogP contribution in [-0.4, -0.2) is 16.9 Å². The van der Waals surface area contributed by atoms with Gasteiger partial charge >= 0.3 is 0 Å². The van der Waals surface area contributed by atoms with E-state index in [1.807, 2.05) is 23.9 Å². The van der Waals surface area contributed by atoms with Gasteiger partial charge in [0.2, 0.25) is 0 Å². The summed E-state index contributed by atoms with van der Waals surface area (Å²) in [5.41, 5.74) is 1.15. The van der Waals surface area contributed by atoms with Crippen molar-refractivity contribution in [3.05, 3.63) is 33.8 Å². The van der Waals surface area contributed by atoms with Crippen LogP contribution in [0.3, 0.4) is 0 Å². The Morgan fingerprint density at radius 3 is 2.67 bits per heavy atom. The van der Waals surface area contributed by atoms with Crippen LogP contribution < -0.4 is 0 Å². The lowest BCUT2D eigenvalue weighted by molar-refractivity contribution is 0.603. The molecule has 2 atom stereocenters. The number of thioether (sulfide) groups is 1. The zero-order valence-electron chi connectivity index (χ0n) is 8.05. The minimum absolute atomic E-state index is 0.279. The summed E-state index contributed by atoms with van der Waals surface area (Å²) in [5, 5.41) is 1.72. The second kappa shape index (κ2) is 5.18. The molecule has 1 aromatic rings. The molecule has 1 aliphatic heterocycles. The highest BCUT2D eigenvalue weighted by Crippen LogP contribution is 2.33. The molecular formula is C11H11Cl3S. The van der Waals surface area contributed by atoms with Gasteiger partial charge < -0.3 is 0 Å². The van der Waals surface area contributed by atoms with Gasteiger partial charge in [0.05, 0.1) is 0 Å². The number of hydrogen-bond donors (Lipinski definition) is 0. The van der Waals surface area contributed by atoms with Crippen LogP contribution in [0.5, 0.6) is 0 Å². The monoisotopic (exact) mass is 280 g/mol. The molecule has 82 valence electrons. The molecule has 0 aromatic heterocycles. The van der Waals surface area contributed by atoms with E-state index >= 15 is 0 Å². The third-order valence-corrected chi connectivity index (χ3v) is 5.16. The first-order chi connectivity index (χ1) is 7.16. The second-order valence-electron chi connectivity index (χ2n) is 3.75. The molecule has 0 nitrogen and oxygen atoms in total. The highest BCUT2D eigenvalue weighted by molar-refractivity contribution is 7.99. The van der Waals surface area contributed by atoms with E-state index in [1.165, 1.54) is 0 Å². The van der Waals surface area contributed by atoms with Crippen LogP contribution in [0.25, 0.3) is 0 Å². The molecule has 0 spiro atoms. The molecule has 2 unspecified atom stereocenters. The highest BCUT2D eigenvalue weighted by Gasteiger charge is 2.26. The Bertz CT molecular complexity index is 354. The first-order valence-electron chi connectivity index (χ1n) is 4.82. The fourth-order valence-electron chi connectivity index (χ4n) is 1.73. The summed E-state index contributed by atoms with van der Waals surface area (Å²) in [6.45, 7) is 0. The Morgan fingerprint density at radius 1 is 1.27 bits per heavy atom. The maximum absolute atomic E-state index is 6.22. The Hall–Kier alpha value is 0.440. The van der Waals surface area contributed by atoms with Crippen molar-refractivity contribution in [2.24, 2.45) is 5.92 Å². The SMILES string of the molecule is Clc1ccc(CC2CSCC2Cl)c(Cl)c1. The maximum Gasteiger partial charge on any atom is 0.0465 e. The highest BCUT2D eigenvalue weighted by atomic mass is 35.5. The molecular weight excluding hydrogens is 271 g/mol. The smallest absolute Gasteiger partial charge is 0.0465 e. The summed E-state index contributed by atoms with van der Waals surface area (Å²) in [6, 6.07) is 5.68. The van der Waals surface area contributed by atoms with Crippen molar-refractivity contribution in [2.75, 3.05) is 11.5 Å². The second-order valence-corrected chi connectivity index (χ2v) is 6.23. The van der Waals surface area contributed by atoms with Crippen LogP contribution in [0.4, 0.5) is 0 Å². The average Bonchev–Trinajstić information content (AvgIpc) is 2.57. The van der Waals surface area contributed by atoms with Crippen LogP contribution in [0.2, 0.25) is 10.0 Å². The van der Waals surface area contributed by atoms with Gasteiger partial charge in [0.1, 0.15) is 0 Å². The summed E-state index contributed by atoms with van der Waals surface area (Å²) in [6.07, 6.45) is 0.956.